The summed E-state index contributed by atoms with van der Waals surface area (Å²) in [5.41, 5.74) is 3.60. The van der Waals surface area contributed by atoms with Crippen LogP contribution in [0.3, 0.4) is 0 Å². The minimum absolute atomic E-state index is 0.134. The summed E-state index contributed by atoms with van der Waals surface area (Å²) in [6.07, 6.45) is 0. The van der Waals surface area contributed by atoms with Gasteiger partial charge < -0.3 is 4.43 Å². The van der Waals surface area contributed by atoms with Crippen LogP contribution in [0.25, 0.3) is 0 Å². The van der Waals surface area contributed by atoms with Gasteiger partial charge in [-0.2, -0.15) is 0 Å². The van der Waals surface area contributed by atoms with Gasteiger partial charge in [-0.1, -0.05) is 32.9 Å². The first-order valence-electron chi connectivity index (χ1n) is 7.25. The third kappa shape index (κ3) is 3.51. The van der Waals surface area contributed by atoms with E-state index in [9.17, 15) is 0 Å². The molecule has 0 aromatic heterocycles. The van der Waals surface area contributed by atoms with Crippen molar-refractivity contribution in [2.24, 2.45) is 4.99 Å². The number of hydrogen-bond donors (Lipinski definition) is 0. The van der Waals surface area contributed by atoms with Crippen molar-refractivity contribution < 1.29 is 4.43 Å². The second kappa shape index (κ2) is 5.72. The van der Waals surface area contributed by atoms with Crippen molar-refractivity contribution >= 4 is 15.0 Å². The van der Waals surface area contributed by atoms with Crippen LogP contribution < -0.4 is 4.43 Å². The maximum atomic E-state index is 6.49. The van der Waals surface area contributed by atoms with Crippen molar-refractivity contribution in [1.29, 1.82) is 0 Å². The Kier molecular flexibility index (Phi) is 4.85. The summed E-state index contributed by atoms with van der Waals surface area (Å²) in [5, 5.41) is 0.209. The summed E-state index contributed by atoms with van der Waals surface area (Å²) in [5.74, 6) is 1.05. The van der Waals surface area contributed by atoms with Crippen molar-refractivity contribution in [2.75, 3.05) is 0 Å². The Bertz CT molecular complexity index is 477. The lowest BCUT2D eigenvalue weighted by Gasteiger charge is -2.37. The molecule has 0 fully saturated rings. The van der Waals surface area contributed by atoms with E-state index in [0.29, 0.717) is 0 Å². The molecule has 0 saturated carbocycles. The van der Waals surface area contributed by atoms with Gasteiger partial charge in [0.05, 0.1) is 6.04 Å². The minimum Gasteiger partial charge on any atom is -0.543 e. The van der Waals surface area contributed by atoms with Crippen molar-refractivity contribution in [3.63, 3.8) is 0 Å². The van der Waals surface area contributed by atoms with Crippen LogP contribution in [0.5, 0.6) is 5.75 Å². The monoisotopic (exact) mass is 291 g/mol. The molecule has 1 unspecified atom stereocenters. The van der Waals surface area contributed by atoms with Gasteiger partial charge in [0.2, 0.25) is 0 Å². The highest BCUT2D eigenvalue weighted by molar-refractivity contribution is 6.74. The van der Waals surface area contributed by atoms with Gasteiger partial charge in [-0.3, -0.25) is 4.99 Å². The highest BCUT2D eigenvalue weighted by atomic mass is 28.4. The highest BCUT2D eigenvalue weighted by Gasteiger charge is 2.39. The molecule has 1 atom stereocenters. The predicted molar refractivity (Wildman–Crippen MR) is 91.7 cm³/mol. The quantitative estimate of drug-likeness (QED) is 0.534. The molecule has 2 nitrogen and oxygen atoms in total. The van der Waals surface area contributed by atoms with Crippen molar-refractivity contribution in [2.45, 2.75) is 65.7 Å². The van der Waals surface area contributed by atoms with E-state index in [1.807, 2.05) is 0 Å². The lowest BCUT2D eigenvalue weighted by molar-refractivity contribution is 0.486. The van der Waals surface area contributed by atoms with Gasteiger partial charge in [0, 0.05) is 0 Å². The van der Waals surface area contributed by atoms with E-state index in [0.717, 1.165) is 5.75 Å². The lowest BCUT2D eigenvalue weighted by Crippen LogP contribution is -2.44. The molecular formula is C17H29NOSi. The molecule has 1 rings (SSSR count). The fourth-order valence-electron chi connectivity index (χ4n) is 1.90. The molecule has 112 valence electrons. The van der Waals surface area contributed by atoms with Crippen LogP contribution in [0, 0.1) is 13.8 Å². The van der Waals surface area contributed by atoms with Gasteiger partial charge in [0.15, 0.2) is 0 Å². The molecule has 1 aromatic carbocycles. The molecule has 0 heterocycles. The van der Waals surface area contributed by atoms with Gasteiger partial charge in [-0.15, -0.1) is 0 Å². The Balaban J connectivity index is 3.19. The largest absolute Gasteiger partial charge is 0.543 e. The van der Waals surface area contributed by atoms with Crippen LogP contribution in [0.15, 0.2) is 17.1 Å². The molecule has 0 N–H and O–H groups in total. The number of aryl methyl sites for hydroxylation is 2. The molecule has 0 bridgehead atoms. The molecule has 0 aliphatic carbocycles. The van der Waals surface area contributed by atoms with E-state index in [2.05, 4.69) is 78.5 Å². The number of hydrogen-bond acceptors (Lipinski definition) is 2. The molecule has 0 spiro atoms. The van der Waals surface area contributed by atoms with Crippen molar-refractivity contribution in [3.05, 3.63) is 28.8 Å². The van der Waals surface area contributed by atoms with E-state index in [1.54, 1.807) is 0 Å². The summed E-state index contributed by atoms with van der Waals surface area (Å²) in [7, 11) is -1.80. The zero-order chi connectivity index (χ0) is 15.7. The maximum Gasteiger partial charge on any atom is 0.250 e. The first-order chi connectivity index (χ1) is 8.99. The summed E-state index contributed by atoms with van der Waals surface area (Å²) in [4.78, 5) is 4.10. The van der Waals surface area contributed by atoms with Crippen LogP contribution in [0.2, 0.25) is 18.1 Å². The number of nitrogens with zero attached hydrogens (tertiary/aromatic N) is 1. The van der Waals surface area contributed by atoms with E-state index in [1.165, 1.54) is 16.7 Å². The molecular weight excluding hydrogens is 262 g/mol. The molecule has 20 heavy (non-hydrogen) atoms. The number of benzene rings is 1. The zero-order valence-electron chi connectivity index (χ0n) is 14.3. The predicted octanol–water partition coefficient (Wildman–Crippen LogP) is 5.45. The van der Waals surface area contributed by atoms with Crippen LogP contribution in [0.1, 0.15) is 50.4 Å². The zero-order valence-corrected chi connectivity index (χ0v) is 15.3. The van der Waals surface area contributed by atoms with Gasteiger partial charge in [0.1, 0.15) is 5.75 Å². The third-order valence-corrected chi connectivity index (χ3v) is 8.73. The Hall–Kier alpha value is -1.09. The smallest absolute Gasteiger partial charge is 0.250 e. The Morgan fingerprint density at radius 2 is 1.60 bits per heavy atom. The summed E-state index contributed by atoms with van der Waals surface area (Å²) in [6, 6.07) is 4.48. The maximum absolute atomic E-state index is 6.49. The van der Waals surface area contributed by atoms with E-state index >= 15 is 0 Å². The molecule has 0 saturated heterocycles. The summed E-state index contributed by atoms with van der Waals surface area (Å²) in [6.45, 7) is 21.3. The van der Waals surface area contributed by atoms with Crippen LogP contribution in [-0.2, 0) is 0 Å². The SMILES string of the molecule is C=NC(C)c1cc(C)c(O[Si](C)(C)C(C)(C)C)c(C)c1. The topological polar surface area (TPSA) is 21.6 Å². The second-order valence-corrected chi connectivity index (χ2v) is 11.9. The van der Waals surface area contributed by atoms with Crippen LogP contribution in [0.4, 0.5) is 0 Å². The fourth-order valence-corrected chi connectivity index (χ4v) is 3.04. The average Bonchev–Trinajstić information content (AvgIpc) is 2.31. The first-order valence-corrected chi connectivity index (χ1v) is 10.2. The van der Waals surface area contributed by atoms with E-state index in [-0.39, 0.29) is 11.1 Å². The van der Waals surface area contributed by atoms with E-state index < -0.39 is 8.32 Å². The number of rotatable bonds is 4. The summed E-state index contributed by atoms with van der Waals surface area (Å²) < 4.78 is 6.49. The average molecular weight is 292 g/mol. The number of aliphatic imine (C=N–C) groups is 1. The van der Waals surface area contributed by atoms with Gasteiger partial charge in [0.25, 0.3) is 8.32 Å². The third-order valence-electron chi connectivity index (χ3n) is 4.40. The standard InChI is InChI=1S/C17H29NOSi/c1-12-10-15(14(3)18-7)11-13(2)16(12)19-20(8,9)17(4,5)6/h10-11,14H,7H2,1-6,8-9H3. The molecule has 0 amide bonds. The van der Waals surface area contributed by atoms with Crippen molar-refractivity contribution in [1.82, 2.24) is 0 Å². The summed E-state index contributed by atoms with van der Waals surface area (Å²) >= 11 is 0. The molecule has 1 aromatic rings. The molecule has 0 aliphatic rings. The Morgan fingerprint density at radius 3 is 1.95 bits per heavy atom. The van der Waals surface area contributed by atoms with E-state index in [4.69, 9.17) is 4.43 Å². The Labute approximate surface area is 125 Å². The second-order valence-electron chi connectivity index (χ2n) is 7.20. The van der Waals surface area contributed by atoms with Gasteiger partial charge >= 0.3 is 0 Å². The Morgan fingerprint density at radius 1 is 1.15 bits per heavy atom. The normalized spacial score (nSPS) is 14.0. The van der Waals surface area contributed by atoms with Crippen molar-refractivity contribution in [3.8, 4) is 5.75 Å². The van der Waals surface area contributed by atoms with Gasteiger partial charge in [-0.25, -0.2) is 0 Å². The highest BCUT2D eigenvalue weighted by Crippen LogP contribution is 2.39. The lowest BCUT2D eigenvalue weighted by atomic mass is 10.0. The van der Waals surface area contributed by atoms with Crippen LogP contribution in [-0.4, -0.2) is 15.0 Å². The van der Waals surface area contributed by atoms with Gasteiger partial charge in [-0.05, 0) is 62.3 Å². The minimum atomic E-state index is -1.80. The molecule has 0 radical (unpaired) electrons. The fraction of sp³-hybridized carbons (Fsp3) is 0.588. The first kappa shape index (κ1) is 17.0. The van der Waals surface area contributed by atoms with Crippen LogP contribution >= 0.6 is 0 Å². The molecule has 0 aliphatic heterocycles. The molecule has 3 heteroatoms.